The number of nitrogens with zero attached hydrogens (tertiary/aromatic N) is 3. The minimum Gasteiger partial charge on any atom is -0.462 e. The van der Waals surface area contributed by atoms with Crippen LogP contribution in [0.2, 0.25) is 0 Å². The molecule has 1 aromatic carbocycles. The van der Waals surface area contributed by atoms with Crippen LogP contribution in [0, 0.1) is 5.82 Å². The van der Waals surface area contributed by atoms with E-state index in [2.05, 4.69) is 18.9 Å². The van der Waals surface area contributed by atoms with Gasteiger partial charge in [0.05, 0.1) is 28.2 Å². The standard InChI is InChI=1S/C20H24FN3O3S/c1-5-27-20(26)17-18(25)13-8-14(21)16(23-7-6-22(4)11(2)10-23)9-15(13)24-12(3)28-19(17)24/h8-9,11-12H,5-7,10H2,1-4H3. The molecule has 8 heteroatoms. The summed E-state index contributed by atoms with van der Waals surface area (Å²) in [5.41, 5.74) is 0.728. The number of esters is 1. The van der Waals surface area contributed by atoms with E-state index in [4.69, 9.17) is 4.74 Å². The Morgan fingerprint density at radius 2 is 2.07 bits per heavy atom. The topological polar surface area (TPSA) is 54.8 Å². The van der Waals surface area contributed by atoms with Crippen LogP contribution < -0.4 is 10.3 Å². The van der Waals surface area contributed by atoms with Gasteiger partial charge in [-0.25, -0.2) is 9.18 Å². The molecule has 0 aliphatic carbocycles. The number of likely N-dealkylation sites (N-methyl/N-ethyl adjacent to an activating group) is 1. The van der Waals surface area contributed by atoms with Crippen molar-refractivity contribution in [1.82, 2.24) is 9.47 Å². The average molecular weight is 405 g/mol. The van der Waals surface area contributed by atoms with E-state index in [0.29, 0.717) is 22.3 Å². The molecule has 2 unspecified atom stereocenters. The second kappa shape index (κ2) is 7.08. The number of halogens is 1. The first-order valence-corrected chi connectivity index (χ1v) is 10.4. The van der Waals surface area contributed by atoms with Gasteiger partial charge in [0.1, 0.15) is 11.4 Å². The Labute approximate surface area is 167 Å². The highest BCUT2D eigenvalue weighted by molar-refractivity contribution is 8.00. The number of hydrogen-bond donors (Lipinski definition) is 0. The van der Waals surface area contributed by atoms with Crippen LogP contribution in [0.15, 0.2) is 22.0 Å². The maximum Gasteiger partial charge on any atom is 0.344 e. The molecule has 150 valence electrons. The molecule has 0 saturated carbocycles. The minimum atomic E-state index is -0.644. The summed E-state index contributed by atoms with van der Waals surface area (Å²) in [4.78, 5) is 29.6. The molecule has 0 spiro atoms. The van der Waals surface area contributed by atoms with Crippen LogP contribution in [0.1, 0.15) is 36.5 Å². The molecule has 6 nitrogen and oxygen atoms in total. The highest BCUT2D eigenvalue weighted by Gasteiger charge is 2.34. The summed E-state index contributed by atoms with van der Waals surface area (Å²) < 4.78 is 22.0. The average Bonchev–Trinajstić information content (AvgIpc) is 2.64. The summed E-state index contributed by atoms with van der Waals surface area (Å²) in [6, 6.07) is 3.36. The van der Waals surface area contributed by atoms with Crippen LogP contribution in [0.25, 0.3) is 10.9 Å². The molecule has 1 aromatic heterocycles. The number of pyridine rings is 1. The zero-order chi connectivity index (χ0) is 20.2. The Balaban J connectivity index is 1.88. The first-order valence-electron chi connectivity index (χ1n) is 9.54. The van der Waals surface area contributed by atoms with Gasteiger partial charge in [0.25, 0.3) is 0 Å². The number of anilines is 1. The van der Waals surface area contributed by atoms with Gasteiger partial charge in [-0.1, -0.05) is 11.8 Å². The Kier molecular flexibility index (Phi) is 4.87. The maximum atomic E-state index is 15.0. The van der Waals surface area contributed by atoms with Crippen molar-refractivity contribution < 1.29 is 13.9 Å². The Bertz CT molecular complexity index is 1020. The molecule has 2 aliphatic rings. The molecule has 28 heavy (non-hydrogen) atoms. The lowest BCUT2D eigenvalue weighted by Crippen LogP contribution is -2.50. The number of carbonyl (C=O) groups excluding carboxylic acids is 1. The molecule has 1 saturated heterocycles. The zero-order valence-corrected chi connectivity index (χ0v) is 17.3. The van der Waals surface area contributed by atoms with E-state index in [-0.39, 0.29) is 22.9 Å². The lowest BCUT2D eigenvalue weighted by atomic mass is 10.1. The van der Waals surface area contributed by atoms with Crippen molar-refractivity contribution in [2.75, 3.05) is 38.2 Å². The molecule has 3 heterocycles. The molecule has 2 aromatic rings. The van der Waals surface area contributed by atoms with Crippen LogP contribution >= 0.6 is 11.8 Å². The number of aromatic nitrogens is 1. The van der Waals surface area contributed by atoms with Gasteiger partial charge < -0.3 is 19.1 Å². The van der Waals surface area contributed by atoms with Crippen LogP contribution in [-0.4, -0.2) is 54.8 Å². The number of benzene rings is 1. The van der Waals surface area contributed by atoms with Gasteiger partial charge >= 0.3 is 5.97 Å². The maximum absolute atomic E-state index is 15.0. The fourth-order valence-electron chi connectivity index (χ4n) is 3.93. The van der Waals surface area contributed by atoms with Gasteiger partial charge in [0.2, 0.25) is 5.43 Å². The van der Waals surface area contributed by atoms with Crippen molar-refractivity contribution in [1.29, 1.82) is 0 Å². The van der Waals surface area contributed by atoms with Gasteiger partial charge in [0.15, 0.2) is 0 Å². The second-order valence-corrected chi connectivity index (χ2v) is 8.72. The van der Waals surface area contributed by atoms with Crippen molar-refractivity contribution in [3.8, 4) is 0 Å². The molecule has 4 rings (SSSR count). The number of fused-ring (bicyclic) bond motifs is 3. The first kappa shape index (κ1) is 19.3. The van der Waals surface area contributed by atoms with E-state index >= 15 is 4.39 Å². The van der Waals surface area contributed by atoms with E-state index in [1.807, 2.05) is 16.4 Å². The molecule has 0 radical (unpaired) electrons. The predicted octanol–water partition coefficient (Wildman–Crippen LogP) is 3.08. The van der Waals surface area contributed by atoms with Gasteiger partial charge in [-0.15, -0.1) is 0 Å². The van der Waals surface area contributed by atoms with Gasteiger partial charge in [-0.2, -0.15) is 0 Å². The fourth-order valence-corrected chi connectivity index (χ4v) is 5.08. The van der Waals surface area contributed by atoms with E-state index in [1.54, 1.807) is 13.0 Å². The van der Waals surface area contributed by atoms with E-state index in [9.17, 15) is 9.59 Å². The Hall–Kier alpha value is -2.06. The molecule has 0 amide bonds. The van der Waals surface area contributed by atoms with E-state index < -0.39 is 17.2 Å². The van der Waals surface area contributed by atoms with Gasteiger partial charge in [0, 0.05) is 31.1 Å². The molecular formula is C20H24FN3O3S. The number of hydrogen-bond acceptors (Lipinski definition) is 6. The second-order valence-electron chi connectivity index (χ2n) is 7.41. The summed E-state index contributed by atoms with van der Waals surface area (Å²) >= 11 is 1.46. The van der Waals surface area contributed by atoms with Crippen LogP contribution in [0.5, 0.6) is 0 Å². The lowest BCUT2D eigenvalue weighted by molar-refractivity contribution is 0.0518. The van der Waals surface area contributed by atoms with Crippen LogP contribution in [0.4, 0.5) is 10.1 Å². The quantitative estimate of drug-likeness (QED) is 0.732. The number of carbonyl (C=O) groups is 1. The van der Waals surface area contributed by atoms with Gasteiger partial charge in [-0.3, -0.25) is 4.79 Å². The summed E-state index contributed by atoms with van der Waals surface area (Å²) in [5.74, 6) is -1.08. The summed E-state index contributed by atoms with van der Waals surface area (Å²) in [7, 11) is 2.07. The van der Waals surface area contributed by atoms with Crippen molar-refractivity contribution in [2.24, 2.45) is 0 Å². The summed E-state index contributed by atoms with van der Waals surface area (Å²) in [6.07, 6.45) is 0. The zero-order valence-electron chi connectivity index (χ0n) is 16.5. The molecular weight excluding hydrogens is 381 g/mol. The monoisotopic (exact) mass is 405 g/mol. The van der Waals surface area contributed by atoms with Crippen LogP contribution in [0.3, 0.4) is 0 Å². The third-order valence-electron chi connectivity index (χ3n) is 5.65. The highest BCUT2D eigenvalue weighted by Crippen LogP contribution is 2.46. The normalized spacial score (nSPS) is 22.1. The van der Waals surface area contributed by atoms with Crippen molar-refractivity contribution >= 4 is 34.3 Å². The fraction of sp³-hybridized carbons (Fsp3) is 0.500. The van der Waals surface area contributed by atoms with Crippen LogP contribution in [-0.2, 0) is 4.74 Å². The number of thioether (sulfide) groups is 1. The predicted molar refractivity (Wildman–Crippen MR) is 109 cm³/mol. The SMILES string of the molecule is CCOC(=O)c1c2n(c3cc(N4CCN(C)C(C)C4)c(F)cc3c1=O)C(C)S2. The molecule has 0 N–H and O–H groups in total. The first-order chi connectivity index (χ1) is 13.3. The number of ether oxygens (including phenoxy) is 1. The lowest BCUT2D eigenvalue weighted by Gasteiger charge is -2.39. The molecule has 2 atom stereocenters. The molecule has 2 aliphatic heterocycles. The minimum absolute atomic E-state index is 0.0119. The van der Waals surface area contributed by atoms with E-state index in [0.717, 1.165) is 19.6 Å². The molecule has 1 fully saturated rings. The summed E-state index contributed by atoms with van der Waals surface area (Å²) in [5, 5.41) is 0.895. The Morgan fingerprint density at radius 3 is 2.71 bits per heavy atom. The van der Waals surface area contributed by atoms with Crippen molar-refractivity contribution in [2.45, 2.75) is 37.2 Å². The van der Waals surface area contributed by atoms with Gasteiger partial charge in [-0.05, 0) is 40.0 Å². The van der Waals surface area contributed by atoms with E-state index in [1.165, 1.54) is 17.8 Å². The van der Waals surface area contributed by atoms with Crippen molar-refractivity contribution in [3.63, 3.8) is 0 Å². The molecule has 0 bridgehead atoms. The third kappa shape index (κ3) is 2.90. The summed E-state index contributed by atoms with van der Waals surface area (Å²) in [6.45, 7) is 8.30. The number of rotatable bonds is 3. The highest BCUT2D eigenvalue weighted by atomic mass is 32.2. The smallest absolute Gasteiger partial charge is 0.344 e. The third-order valence-corrected chi connectivity index (χ3v) is 6.83. The largest absolute Gasteiger partial charge is 0.462 e. The Morgan fingerprint density at radius 1 is 1.32 bits per heavy atom. The number of piperazine rings is 1. The van der Waals surface area contributed by atoms with Crippen molar-refractivity contribution in [3.05, 3.63) is 33.7 Å².